The molecule has 0 spiro atoms. The summed E-state index contributed by atoms with van der Waals surface area (Å²) < 4.78 is 5.14. The maximum Gasteiger partial charge on any atom is 0.275 e. The van der Waals surface area contributed by atoms with Crippen LogP contribution >= 0.6 is 22.9 Å². The molecule has 4 nitrogen and oxygen atoms in total. The van der Waals surface area contributed by atoms with Crippen molar-refractivity contribution in [1.29, 1.82) is 0 Å². The van der Waals surface area contributed by atoms with Crippen molar-refractivity contribution in [3.05, 3.63) is 64.1 Å². The molecule has 0 unspecified atom stereocenters. The standard InChI is InChI=1S/C18H15ClN2O2S/c1-11-3-5-12(6-4-11)20-17(22)16-10-24-18(21-16)14-8-7-13(23-2)9-15(14)19/h3-10H,1-2H3,(H,20,22). The Kier molecular flexibility index (Phi) is 4.83. The molecule has 0 aliphatic rings. The van der Waals surface area contributed by atoms with Crippen LogP contribution < -0.4 is 10.1 Å². The third-order valence-corrected chi connectivity index (χ3v) is 4.64. The first-order chi connectivity index (χ1) is 11.6. The molecule has 3 rings (SSSR count). The highest BCUT2D eigenvalue weighted by molar-refractivity contribution is 7.13. The number of anilines is 1. The molecule has 3 aromatic rings. The lowest BCUT2D eigenvalue weighted by Gasteiger charge is -2.04. The summed E-state index contributed by atoms with van der Waals surface area (Å²) in [4.78, 5) is 16.7. The van der Waals surface area contributed by atoms with Crippen LogP contribution in [0.15, 0.2) is 47.8 Å². The molecule has 2 aromatic carbocycles. The van der Waals surface area contributed by atoms with Crippen molar-refractivity contribution in [2.45, 2.75) is 6.92 Å². The highest BCUT2D eigenvalue weighted by Gasteiger charge is 2.14. The van der Waals surface area contributed by atoms with Gasteiger partial charge in [0, 0.05) is 16.6 Å². The number of nitrogens with one attached hydrogen (secondary N) is 1. The number of nitrogens with zero attached hydrogens (tertiary/aromatic N) is 1. The van der Waals surface area contributed by atoms with Gasteiger partial charge in [0.15, 0.2) is 0 Å². The minimum atomic E-state index is -0.244. The molecule has 0 aliphatic carbocycles. The van der Waals surface area contributed by atoms with Gasteiger partial charge < -0.3 is 10.1 Å². The first-order valence-corrected chi connectivity index (χ1v) is 8.50. The van der Waals surface area contributed by atoms with Gasteiger partial charge in [0.05, 0.1) is 12.1 Å². The fourth-order valence-corrected chi connectivity index (χ4v) is 3.29. The van der Waals surface area contributed by atoms with Gasteiger partial charge in [0.2, 0.25) is 0 Å². The van der Waals surface area contributed by atoms with Crippen molar-refractivity contribution in [2.24, 2.45) is 0 Å². The Hall–Kier alpha value is -2.37. The second kappa shape index (κ2) is 7.03. The van der Waals surface area contributed by atoms with Crippen LogP contribution in [-0.2, 0) is 0 Å². The van der Waals surface area contributed by atoms with E-state index in [1.54, 1.807) is 18.6 Å². The zero-order valence-corrected chi connectivity index (χ0v) is 14.7. The van der Waals surface area contributed by atoms with E-state index in [0.29, 0.717) is 21.5 Å². The number of amides is 1. The second-order valence-corrected chi connectivity index (χ2v) is 6.47. The molecule has 1 amide bonds. The average molecular weight is 359 g/mol. The monoisotopic (exact) mass is 358 g/mol. The molecule has 0 bridgehead atoms. The normalized spacial score (nSPS) is 10.5. The first-order valence-electron chi connectivity index (χ1n) is 7.24. The molecule has 0 aliphatic heterocycles. The Labute approximate surface area is 149 Å². The molecule has 0 saturated heterocycles. The van der Waals surface area contributed by atoms with Crippen molar-refractivity contribution in [2.75, 3.05) is 12.4 Å². The number of aromatic nitrogens is 1. The van der Waals surface area contributed by atoms with Gasteiger partial charge in [0.1, 0.15) is 16.5 Å². The summed E-state index contributed by atoms with van der Waals surface area (Å²) in [5.74, 6) is 0.434. The average Bonchev–Trinajstić information content (AvgIpc) is 3.06. The van der Waals surface area contributed by atoms with Crippen molar-refractivity contribution in [3.63, 3.8) is 0 Å². The smallest absolute Gasteiger partial charge is 0.275 e. The van der Waals surface area contributed by atoms with E-state index in [2.05, 4.69) is 10.3 Å². The van der Waals surface area contributed by atoms with E-state index < -0.39 is 0 Å². The molecule has 0 fully saturated rings. The molecule has 1 aromatic heterocycles. The van der Waals surface area contributed by atoms with Crippen LogP contribution in [0.5, 0.6) is 5.75 Å². The summed E-state index contributed by atoms with van der Waals surface area (Å²) in [6, 6.07) is 13.0. The molecule has 24 heavy (non-hydrogen) atoms. The maximum atomic E-state index is 12.3. The van der Waals surface area contributed by atoms with E-state index in [1.807, 2.05) is 43.3 Å². The van der Waals surface area contributed by atoms with Gasteiger partial charge in [0.25, 0.3) is 5.91 Å². The number of aryl methyl sites for hydroxylation is 1. The fraction of sp³-hybridized carbons (Fsp3) is 0.111. The van der Waals surface area contributed by atoms with Crippen LogP contribution in [0.25, 0.3) is 10.6 Å². The number of rotatable bonds is 4. The SMILES string of the molecule is COc1ccc(-c2nc(C(=O)Nc3ccc(C)cc3)cs2)c(Cl)c1. The summed E-state index contributed by atoms with van der Waals surface area (Å²) in [5, 5.41) is 5.78. The fourth-order valence-electron chi connectivity index (χ4n) is 2.13. The first kappa shape index (κ1) is 16.5. The summed E-state index contributed by atoms with van der Waals surface area (Å²) >= 11 is 7.64. The van der Waals surface area contributed by atoms with E-state index in [0.717, 1.165) is 16.8 Å². The zero-order chi connectivity index (χ0) is 17.1. The number of ether oxygens (including phenoxy) is 1. The lowest BCUT2D eigenvalue weighted by atomic mass is 10.2. The second-order valence-electron chi connectivity index (χ2n) is 5.20. The van der Waals surface area contributed by atoms with E-state index in [-0.39, 0.29) is 5.91 Å². The lowest BCUT2D eigenvalue weighted by Crippen LogP contribution is -2.12. The van der Waals surface area contributed by atoms with Gasteiger partial charge in [-0.2, -0.15) is 0 Å². The van der Waals surface area contributed by atoms with E-state index >= 15 is 0 Å². The van der Waals surface area contributed by atoms with Crippen molar-refractivity contribution >= 4 is 34.5 Å². The van der Waals surface area contributed by atoms with Crippen molar-refractivity contribution in [1.82, 2.24) is 4.98 Å². The van der Waals surface area contributed by atoms with Crippen molar-refractivity contribution < 1.29 is 9.53 Å². The van der Waals surface area contributed by atoms with Gasteiger partial charge in [-0.25, -0.2) is 4.98 Å². The summed E-state index contributed by atoms with van der Waals surface area (Å²) in [6.07, 6.45) is 0. The van der Waals surface area contributed by atoms with Gasteiger partial charge in [-0.3, -0.25) is 4.79 Å². The number of carbonyl (C=O) groups excluding carboxylic acids is 1. The summed E-state index contributed by atoms with van der Waals surface area (Å²) in [6.45, 7) is 2.00. The Morgan fingerprint density at radius 1 is 1.21 bits per heavy atom. The third kappa shape index (κ3) is 3.58. The number of thiazole rings is 1. The predicted octanol–water partition coefficient (Wildman–Crippen LogP) is 5.03. The maximum absolute atomic E-state index is 12.3. The Morgan fingerprint density at radius 2 is 1.96 bits per heavy atom. The van der Waals surface area contributed by atoms with Crippen molar-refractivity contribution in [3.8, 4) is 16.3 Å². The van der Waals surface area contributed by atoms with Crippen LogP contribution in [0.1, 0.15) is 16.1 Å². The summed E-state index contributed by atoms with van der Waals surface area (Å²) in [5.41, 5.74) is 3.01. The Morgan fingerprint density at radius 3 is 2.62 bits per heavy atom. The molecule has 0 radical (unpaired) electrons. The molecule has 1 N–H and O–H groups in total. The molecular formula is C18H15ClN2O2S. The molecule has 0 saturated carbocycles. The minimum absolute atomic E-state index is 0.244. The van der Waals surface area contributed by atoms with Crippen LogP contribution in [0.2, 0.25) is 5.02 Å². The van der Waals surface area contributed by atoms with Crippen LogP contribution in [0.4, 0.5) is 5.69 Å². The Bertz CT molecular complexity index is 875. The molecular weight excluding hydrogens is 344 g/mol. The Balaban J connectivity index is 1.80. The minimum Gasteiger partial charge on any atom is -0.497 e. The number of hydrogen-bond donors (Lipinski definition) is 1. The number of halogens is 1. The number of benzene rings is 2. The molecule has 0 atom stereocenters. The number of carbonyl (C=O) groups is 1. The van der Waals surface area contributed by atoms with Gasteiger partial charge in [-0.05, 0) is 37.3 Å². The van der Waals surface area contributed by atoms with Gasteiger partial charge in [-0.15, -0.1) is 11.3 Å². The van der Waals surface area contributed by atoms with E-state index in [4.69, 9.17) is 16.3 Å². The number of hydrogen-bond acceptors (Lipinski definition) is 4. The number of methoxy groups -OCH3 is 1. The lowest BCUT2D eigenvalue weighted by molar-refractivity contribution is 0.102. The topological polar surface area (TPSA) is 51.2 Å². The molecule has 1 heterocycles. The predicted molar refractivity (Wildman–Crippen MR) is 98.2 cm³/mol. The quantitative estimate of drug-likeness (QED) is 0.711. The largest absolute Gasteiger partial charge is 0.497 e. The van der Waals surface area contributed by atoms with E-state index in [1.165, 1.54) is 11.3 Å². The van der Waals surface area contributed by atoms with Crippen LogP contribution in [-0.4, -0.2) is 18.0 Å². The van der Waals surface area contributed by atoms with Crippen LogP contribution in [0, 0.1) is 6.92 Å². The highest BCUT2D eigenvalue weighted by Crippen LogP contribution is 2.33. The van der Waals surface area contributed by atoms with Gasteiger partial charge >= 0.3 is 0 Å². The van der Waals surface area contributed by atoms with Crippen LogP contribution in [0.3, 0.4) is 0 Å². The van der Waals surface area contributed by atoms with E-state index in [9.17, 15) is 4.79 Å². The van der Waals surface area contributed by atoms with Gasteiger partial charge in [-0.1, -0.05) is 29.3 Å². The highest BCUT2D eigenvalue weighted by atomic mass is 35.5. The molecule has 6 heteroatoms. The zero-order valence-electron chi connectivity index (χ0n) is 13.2. The summed E-state index contributed by atoms with van der Waals surface area (Å²) in [7, 11) is 1.59. The third-order valence-electron chi connectivity index (χ3n) is 3.45. The molecule has 122 valence electrons.